The van der Waals surface area contributed by atoms with Gasteiger partial charge in [-0.3, -0.25) is 4.57 Å². The molecule has 0 bridgehead atoms. The number of rotatable bonds is 5. The highest BCUT2D eigenvalue weighted by atomic mass is 32.2. The number of halogens is 1. The van der Waals surface area contributed by atoms with E-state index < -0.39 is 11.8 Å². The summed E-state index contributed by atoms with van der Waals surface area (Å²) < 4.78 is 15.2. The highest BCUT2D eigenvalue weighted by Crippen LogP contribution is 2.22. The molecule has 2 aromatic rings. The smallest absolute Gasteiger partial charge is 0.343 e. The minimum absolute atomic E-state index is 0.312. The van der Waals surface area contributed by atoms with Crippen LogP contribution in [-0.2, 0) is 17.6 Å². The fourth-order valence-electron chi connectivity index (χ4n) is 1.56. The van der Waals surface area contributed by atoms with Crippen molar-refractivity contribution < 1.29 is 14.3 Å². The number of nitrogens with one attached hydrogen (secondary N) is 1. The van der Waals surface area contributed by atoms with Crippen molar-refractivity contribution >= 4 is 23.8 Å². The Morgan fingerprint density at radius 3 is 2.90 bits per heavy atom. The molecule has 0 fully saturated rings. The van der Waals surface area contributed by atoms with Gasteiger partial charge in [-0.15, -0.1) is 5.10 Å². The van der Waals surface area contributed by atoms with Crippen LogP contribution in [0.15, 0.2) is 34.2 Å². The van der Waals surface area contributed by atoms with E-state index in [1.165, 1.54) is 28.5 Å². The van der Waals surface area contributed by atoms with Gasteiger partial charge in [-0.25, -0.2) is 19.1 Å². The van der Waals surface area contributed by atoms with E-state index in [1.54, 1.807) is 19.2 Å². The van der Waals surface area contributed by atoms with E-state index in [1.807, 2.05) is 0 Å². The second-order valence-electron chi connectivity index (χ2n) is 4.18. The number of hydrogen-bond acceptors (Lipinski definition) is 4. The Balaban J connectivity index is 2.09. The predicted octanol–water partition coefficient (Wildman–Crippen LogP) is 1.64. The largest absolute Gasteiger partial charge is 0.478 e. The summed E-state index contributed by atoms with van der Waals surface area (Å²) in [6.45, 7) is 0. The third kappa shape index (κ3) is 3.82. The lowest BCUT2D eigenvalue weighted by molar-refractivity contribution is -0.131. The molecule has 0 saturated carbocycles. The van der Waals surface area contributed by atoms with Gasteiger partial charge in [-0.1, -0.05) is 23.9 Å². The van der Waals surface area contributed by atoms with Gasteiger partial charge in [0.15, 0.2) is 5.16 Å². The average Bonchev–Trinajstić information content (AvgIpc) is 2.75. The first kappa shape index (κ1) is 15.0. The molecule has 0 aliphatic carbocycles. The molecule has 0 radical (unpaired) electrons. The van der Waals surface area contributed by atoms with Crippen molar-refractivity contribution in [1.82, 2.24) is 14.8 Å². The molecule has 21 heavy (non-hydrogen) atoms. The number of carbonyl (C=O) groups is 1. The minimum Gasteiger partial charge on any atom is -0.478 e. The minimum atomic E-state index is -1.09. The van der Waals surface area contributed by atoms with Crippen LogP contribution in [-0.4, -0.2) is 25.8 Å². The van der Waals surface area contributed by atoms with Crippen LogP contribution in [0.2, 0.25) is 0 Å². The third-order valence-corrected chi connectivity index (χ3v) is 3.77. The van der Waals surface area contributed by atoms with Gasteiger partial charge in [0.1, 0.15) is 5.82 Å². The molecule has 0 saturated heterocycles. The van der Waals surface area contributed by atoms with Crippen molar-refractivity contribution in [3.05, 3.63) is 51.7 Å². The molecule has 0 atom stereocenters. The van der Waals surface area contributed by atoms with E-state index >= 15 is 0 Å². The van der Waals surface area contributed by atoms with Gasteiger partial charge >= 0.3 is 11.7 Å². The van der Waals surface area contributed by atoms with Crippen molar-refractivity contribution in [2.24, 2.45) is 7.05 Å². The number of nitrogens with zero attached hydrogens (tertiary/aromatic N) is 2. The van der Waals surface area contributed by atoms with Crippen LogP contribution in [0.5, 0.6) is 0 Å². The van der Waals surface area contributed by atoms with Crippen LogP contribution >= 0.6 is 11.8 Å². The van der Waals surface area contributed by atoms with Crippen molar-refractivity contribution in [3.63, 3.8) is 0 Å². The molecule has 6 nitrogen and oxygen atoms in total. The Morgan fingerprint density at radius 2 is 2.33 bits per heavy atom. The highest BCUT2D eigenvalue weighted by Gasteiger charge is 2.08. The number of thioether (sulfide) groups is 1. The van der Waals surface area contributed by atoms with Gasteiger partial charge in [-0.05, 0) is 23.3 Å². The number of aromatic nitrogens is 3. The Morgan fingerprint density at radius 1 is 1.57 bits per heavy atom. The Hall–Kier alpha value is -2.35. The fourth-order valence-corrected chi connectivity index (χ4v) is 2.46. The summed E-state index contributed by atoms with van der Waals surface area (Å²) in [4.78, 5) is 21.6. The summed E-state index contributed by atoms with van der Waals surface area (Å²) in [6, 6.07) is 4.47. The number of carboxylic acid groups (broad SMARTS) is 1. The van der Waals surface area contributed by atoms with Gasteiger partial charge < -0.3 is 5.11 Å². The van der Waals surface area contributed by atoms with Crippen LogP contribution in [0.4, 0.5) is 4.39 Å². The van der Waals surface area contributed by atoms with E-state index in [2.05, 4.69) is 10.2 Å². The molecule has 1 heterocycles. The molecule has 0 aliphatic rings. The SMILES string of the molecule is Cn1c(SCc2ccc(C=CC(=O)O)cc2F)n[nH]c1=O. The Labute approximate surface area is 123 Å². The van der Waals surface area contributed by atoms with Crippen LogP contribution in [0.3, 0.4) is 0 Å². The summed E-state index contributed by atoms with van der Waals surface area (Å²) in [7, 11) is 1.57. The number of carboxylic acids is 1. The normalized spacial score (nSPS) is 11.1. The van der Waals surface area contributed by atoms with E-state index in [0.717, 1.165) is 6.08 Å². The summed E-state index contributed by atoms with van der Waals surface area (Å²) in [5, 5.41) is 15.1. The van der Waals surface area contributed by atoms with Gasteiger partial charge in [0.25, 0.3) is 0 Å². The first-order valence-electron chi connectivity index (χ1n) is 5.91. The molecular weight excluding hydrogens is 297 g/mol. The maximum Gasteiger partial charge on any atom is 0.343 e. The van der Waals surface area contributed by atoms with Crippen LogP contribution in [0, 0.1) is 5.82 Å². The third-order valence-electron chi connectivity index (χ3n) is 2.69. The van der Waals surface area contributed by atoms with Gasteiger partial charge in [0.2, 0.25) is 0 Å². The maximum absolute atomic E-state index is 13.9. The summed E-state index contributed by atoms with van der Waals surface area (Å²) in [6.07, 6.45) is 2.27. The molecule has 0 spiro atoms. The van der Waals surface area contributed by atoms with E-state index in [9.17, 15) is 14.0 Å². The Bertz CT molecular complexity index is 751. The predicted molar refractivity (Wildman–Crippen MR) is 76.5 cm³/mol. The molecule has 1 aromatic carbocycles. The summed E-state index contributed by atoms with van der Waals surface area (Å²) >= 11 is 1.23. The number of aliphatic carboxylic acids is 1. The summed E-state index contributed by atoms with van der Waals surface area (Å²) in [5.41, 5.74) is 0.589. The van der Waals surface area contributed by atoms with E-state index in [0.29, 0.717) is 22.0 Å². The van der Waals surface area contributed by atoms with Crippen LogP contribution in [0.25, 0.3) is 6.08 Å². The first-order chi connectivity index (χ1) is 9.97. The Kier molecular flexibility index (Phi) is 4.59. The zero-order valence-corrected chi connectivity index (χ0v) is 11.9. The lowest BCUT2D eigenvalue weighted by Gasteiger charge is -2.03. The highest BCUT2D eigenvalue weighted by molar-refractivity contribution is 7.98. The fraction of sp³-hybridized carbons (Fsp3) is 0.154. The zero-order valence-electron chi connectivity index (χ0n) is 11.0. The van der Waals surface area contributed by atoms with Crippen molar-refractivity contribution in [2.45, 2.75) is 10.9 Å². The van der Waals surface area contributed by atoms with Gasteiger partial charge in [0.05, 0.1) is 0 Å². The molecule has 0 aliphatic heterocycles. The molecule has 8 heteroatoms. The number of benzene rings is 1. The second-order valence-corrected chi connectivity index (χ2v) is 5.12. The van der Waals surface area contributed by atoms with Crippen molar-refractivity contribution in [3.8, 4) is 0 Å². The maximum atomic E-state index is 13.9. The van der Waals surface area contributed by atoms with Crippen LogP contribution in [0.1, 0.15) is 11.1 Å². The lowest BCUT2D eigenvalue weighted by atomic mass is 10.1. The second kappa shape index (κ2) is 6.40. The lowest BCUT2D eigenvalue weighted by Crippen LogP contribution is -2.12. The van der Waals surface area contributed by atoms with Crippen molar-refractivity contribution in [2.75, 3.05) is 0 Å². The van der Waals surface area contributed by atoms with Crippen molar-refractivity contribution in [1.29, 1.82) is 0 Å². The van der Waals surface area contributed by atoms with E-state index in [-0.39, 0.29) is 5.69 Å². The zero-order chi connectivity index (χ0) is 15.4. The standard InChI is InChI=1S/C13H12FN3O3S/c1-17-12(20)15-16-13(17)21-7-9-4-2-8(6-10(9)14)3-5-11(18)19/h2-6H,7H2,1H3,(H,15,20)(H,18,19). The topological polar surface area (TPSA) is 88.0 Å². The molecule has 1 aromatic heterocycles. The van der Waals surface area contributed by atoms with Gasteiger partial charge in [-0.2, -0.15) is 0 Å². The number of H-pyrrole nitrogens is 1. The monoisotopic (exact) mass is 309 g/mol. The number of aromatic amines is 1. The quantitative estimate of drug-likeness (QED) is 0.647. The number of hydrogen-bond donors (Lipinski definition) is 2. The molecular formula is C13H12FN3O3S. The molecule has 2 rings (SSSR count). The van der Waals surface area contributed by atoms with Gasteiger partial charge in [0, 0.05) is 18.9 Å². The van der Waals surface area contributed by atoms with E-state index in [4.69, 9.17) is 5.11 Å². The first-order valence-corrected chi connectivity index (χ1v) is 6.89. The summed E-state index contributed by atoms with van der Waals surface area (Å²) in [5.74, 6) is -1.21. The molecule has 0 unspecified atom stereocenters. The average molecular weight is 309 g/mol. The molecule has 0 amide bonds. The molecule has 110 valence electrons. The van der Waals surface area contributed by atoms with Crippen LogP contribution < -0.4 is 5.69 Å². The molecule has 2 N–H and O–H groups in total.